The zero-order valence-corrected chi connectivity index (χ0v) is 15.2. The minimum Gasteiger partial charge on any atom is -0.326 e. The van der Waals surface area contributed by atoms with Crippen LogP contribution in [0.3, 0.4) is 0 Å². The molecule has 0 spiro atoms. The lowest BCUT2D eigenvalue weighted by Crippen LogP contribution is -2.32. The summed E-state index contributed by atoms with van der Waals surface area (Å²) in [5.41, 5.74) is 5.73. The molecule has 6 nitrogen and oxygen atoms in total. The first-order chi connectivity index (χ1) is 13.0. The molecule has 1 saturated heterocycles. The molecule has 0 bridgehead atoms. The molecule has 2 aromatic rings. The Kier molecular flexibility index (Phi) is 4.39. The molecule has 2 aliphatic rings. The molecule has 4 rings (SSSR count). The summed E-state index contributed by atoms with van der Waals surface area (Å²) in [5.74, 6) is -0.325. The van der Waals surface area contributed by atoms with E-state index in [2.05, 4.69) is 23.5 Å². The topological polar surface area (TPSA) is 69.7 Å². The van der Waals surface area contributed by atoms with Gasteiger partial charge in [-0.25, -0.2) is 4.79 Å². The van der Waals surface area contributed by atoms with E-state index in [0.29, 0.717) is 6.42 Å². The predicted molar refractivity (Wildman–Crippen MR) is 102 cm³/mol. The van der Waals surface area contributed by atoms with Crippen molar-refractivity contribution in [3.63, 3.8) is 0 Å². The van der Waals surface area contributed by atoms with Crippen LogP contribution in [0.5, 0.6) is 0 Å². The highest BCUT2D eigenvalue weighted by molar-refractivity contribution is 6.01. The van der Waals surface area contributed by atoms with Crippen LogP contribution in [0.25, 0.3) is 11.1 Å². The first-order valence-corrected chi connectivity index (χ1v) is 9.09. The molecule has 1 fully saturated rings. The largest absolute Gasteiger partial charge is 0.326 e. The van der Waals surface area contributed by atoms with Gasteiger partial charge >= 0.3 is 6.03 Å². The van der Waals surface area contributed by atoms with Crippen LogP contribution in [0.2, 0.25) is 0 Å². The Balaban J connectivity index is 1.35. The van der Waals surface area contributed by atoms with E-state index < -0.39 is 0 Å². The molecular weight excluding hydrogens is 342 g/mol. The number of urea groups is 1. The van der Waals surface area contributed by atoms with Crippen LogP contribution in [-0.4, -0.2) is 47.8 Å². The molecule has 27 heavy (non-hydrogen) atoms. The summed E-state index contributed by atoms with van der Waals surface area (Å²) in [6.45, 7) is 0.384. The van der Waals surface area contributed by atoms with Crippen LogP contribution in [0, 0.1) is 0 Å². The number of anilines is 1. The van der Waals surface area contributed by atoms with E-state index in [-0.39, 0.29) is 37.4 Å². The van der Waals surface area contributed by atoms with E-state index in [9.17, 15) is 14.4 Å². The number of imide groups is 1. The molecule has 0 saturated carbocycles. The highest BCUT2D eigenvalue weighted by Crippen LogP contribution is 2.37. The molecule has 4 amide bonds. The van der Waals surface area contributed by atoms with Crippen molar-refractivity contribution >= 4 is 23.5 Å². The fourth-order valence-electron chi connectivity index (χ4n) is 3.71. The number of carbonyl (C=O) groups excluding carboxylic acids is 3. The maximum Gasteiger partial charge on any atom is 0.326 e. The lowest BCUT2D eigenvalue weighted by Gasteiger charge is -2.14. The minimum atomic E-state index is -0.294. The first-order valence-electron chi connectivity index (χ1n) is 9.09. The quantitative estimate of drug-likeness (QED) is 0.709. The molecule has 1 aliphatic heterocycles. The third-order valence-electron chi connectivity index (χ3n) is 5.10. The molecule has 0 unspecified atom stereocenters. The van der Waals surface area contributed by atoms with Crippen LogP contribution in [0.4, 0.5) is 10.5 Å². The van der Waals surface area contributed by atoms with Gasteiger partial charge in [-0.1, -0.05) is 30.3 Å². The molecule has 0 radical (unpaired) electrons. The highest BCUT2D eigenvalue weighted by Gasteiger charge is 2.32. The van der Waals surface area contributed by atoms with Gasteiger partial charge in [-0.15, -0.1) is 0 Å². The number of rotatable bonds is 5. The Morgan fingerprint density at radius 1 is 1.07 bits per heavy atom. The van der Waals surface area contributed by atoms with Gasteiger partial charge in [0.15, 0.2) is 0 Å². The van der Waals surface area contributed by atoms with Gasteiger partial charge in [0.25, 0.3) is 0 Å². The van der Waals surface area contributed by atoms with Crippen molar-refractivity contribution in [1.82, 2.24) is 9.80 Å². The second-order valence-electron chi connectivity index (χ2n) is 7.04. The van der Waals surface area contributed by atoms with E-state index in [1.807, 2.05) is 24.3 Å². The SMILES string of the molecule is CN1CC(=O)N(CCCC(=O)Nc2ccc3c(c2)-c2ccccc2C3)C1=O. The molecule has 1 N–H and O–H groups in total. The van der Waals surface area contributed by atoms with Crippen molar-refractivity contribution in [2.45, 2.75) is 19.3 Å². The highest BCUT2D eigenvalue weighted by atomic mass is 16.2. The lowest BCUT2D eigenvalue weighted by atomic mass is 10.1. The number of fused-ring (bicyclic) bond motifs is 3. The van der Waals surface area contributed by atoms with Gasteiger partial charge in [-0.2, -0.15) is 0 Å². The summed E-state index contributed by atoms with van der Waals surface area (Å²) >= 11 is 0. The zero-order chi connectivity index (χ0) is 19.0. The van der Waals surface area contributed by atoms with E-state index in [0.717, 1.165) is 12.1 Å². The Bertz CT molecular complexity index is 938. The van der Waals surface area contributed by atoms with Crippen molar-refractivity contribution in [1.29, 1.82) is 0 Å². The predicted octanol–water partition coefficient (Wildman–Crippen LogP) is 2.87. The first kappa shape index (κ1) is 17.3. The summed E-state index contributed by atoms with van der Waals surface area (Å²) in [5, 5.41) is 2.92. The van der Waals surface area contributed by atoms with Crippen LogP contribution in [0.15, 0.2) is 42.5 Å². The Labute approximate surface area is 157 Å². The van der Waals surface area contributed by atoms with Crippen LogP contribution in [0.1, 0.15) is 24.0 Å². The van der Waals surface area contributed by atoms with Crippen molar-refractivity contribution in [2.75, 3.05) is 25.5 Å². The van der Waals surface area contributed by atoms with Gasteiger partial charge in [0.05, 0.1) is 0 Å². The third kappa shape index (κ3) is 3.30. The number of hydrogen-bond donors (Lipinski definition) is 1. The summed E-state index contributed by atoms with van der Waals surface area (Å²) in [6.07, 6.45) is 1.63. The third-order valence-corrected chi connectivity index (χ3v) is 5.10. The van der Waals surface area contributed by atoms with E-state index in [1.165, 1.54) is 32.1 Å². The number of nitrogens with zero attached hydrogens (tertiary/aromatic N) is 2. The Morgan fingerprint density at radius 3 is 2.63 bits per heavy atom. The van der Waals surface area contributed by atoms with E-state index in [4.69, 9.17) is 0 Å². The van der Waals surface area contributed by atoms with Crippen LogP contribution < -0.4 is 5.32 Å². The normalized spacial score (nSPS) is 15.1. The molecular formula is C21H21N3O3. The van der Waals surface area contributed by atoms with Gasteiger partial charge in [-0.3, -0.25) is 14.5 Å². The molecule has 138 valence electrons. The molecule has 0 atom stereocenters. The van der Waals surface area contributed by atoms with Gasteiger partial charge in [0.2, 0.25) is 11.8 Å². The van der Waals surface area contributed by atoms with Crippen molar-refractivity contribution in [3.8, 4) is 11.1 Å². The number of amides is 4. The second kappa shape index (κ2) is 6.87. The molecule has 1 aliphatic carbocycles. The summed E-state index contributed by atoms with van der Waals surface area (Å²) in [6, 6.07) is 14.0. The number of carbonyl (C=O) groups is 3. The maximum absolute atomic E-state index is 12.2. The number of benzene rings is 2. The smallest absolute Gasteiger partial charge is 0.326 e. The standard InChI is InChI=1S/C21H21N3O3/c1-23-13-20(26)24(21(23)27)10-4-7-19(25)22-16-9-8-15-11-14-5-2-3-6-17(14)18(15)12-16/h2-3,5-6,8-9,12H,4,7,10-11,13H2,1H3,(H,22,25). The number of hydrogen-bond acceptors (Lipinski definition) is 3. The van der Waals surface area contributed by atoms with Crippen molar-refractivity contribution in [3.05, 3.63) is 53.6 Å². The lowest BCUT2D eigenvalue weighted by molar-refractivity contribution is -0.125. The fourth-order valence-corrected chi connectivity index (χ4v) is 3.71. The number of likely N-dealkylation sites (N-methyl/N-ethyl adjacent to an activating group) is 1. The van der Waals surface area contributed by atoms with E-state index >= 15 is 0 Å². The van der Waals surface area contributed by atoms with Crippen molar-refractivity contribution in [2.24, 2.45) is 0 Å². The average Bonchev–Trinajstić information content (AvgIpc) is 3.13. The fraction of sp³-hybridized carbons (Fsp3) is 0.286. The van der Waals surface area contributed by atoms with Crippen molar-refractivity contribution < 1.29 is 14.4 Å². The molecule has 1 heterocycles. The van der Waals surface area contributed by atoms with Crippen LogP contribution >= 0.6 is 0 Å². The van der Waals surface area contributed by atoms with Crippen LogP contribution in [-0.2, 0) is 16.0 Å². The Hall–Kier alpha value is -3.15. The molecule has 6 heteroatoms. The van der Waals surface area contributed by atoms with Gasteiger partial charge in [-0.05, 0) is 47.2 Å². The Morgan fingerprint density at radius 2 is 1.85 bits per heavy atom. The van der Waals surface area contributed by atoms with Gasteiger partial charge in [0, 0.05) is 25.7 Å². The zero-order valence-electron chi connectivity index (χ0n) is 15.2. The summed E-state index contributed by atoms with van der Waals surface area (Å²) in [4.78, 5) is 38.4. The van der Waals surface area contributed by atoms with E-state index in [1.54, 1.807) is 7.05 Å². The molecule has 2 aromatic carbocycles. The monoisotopic (exact) mass is 363 g/mol. The summed E-state index contributed by atoms with van der Waals surface area (Å²) in [7, 11) is 1.60. The molecule has 0 aromatic heterocycles. The number of nitrogens with one attached hydrogen (secondary N) is 1. The summed E-state index contributed by atoms with van der Waals surface area (Å²) < 4.78 is 0. The van der Waals surface area contributed by atoms with Gasteiger partial charge < -0.3 is 10.2 Å². The maximum atomic E-state index is 12.2. The second-order valence-corrected chi connectivity index (χ2v) is 7.04. The minimum absolute atomic E-state index is 0.113. The average molecular weight is 363 g/mol. The van der Waals surface area contributed by atoms with Gasteiger partial charge in [0.1, 0.15) is 6.54 Å².